The molecule has 3 aromatic rings. The lowest BCUT2D eigenvalue weighted by molar-refractivity contribution is 0.0935. The van der Waals surface area contributed by atoms with Crippen LogP contribution in [0.2, 0.25) is 5.02 Å². The van der Waals surface area contributed by atoms with Gasteiger partial charge in [-0.2, -0.15) is 5.10 Å². The van der Waals surface area contributed by atoms with Crippen LogP contribution < -0.4 is 10.6 Å². The molecule has 0 aliphatic carbocycles. The van der Waals surface area contributed by atoms with Gasteiger partial charge in [-0.05, 0) is 30.2 Å². The van der Waals surface area contributed by atoms with Crippen LogP contribution in [0.15, 0.2) is 48.7 Å². The zero-order valence-electron chi connectivity index (χ0n) is 12.9. The fourth-order valence-corrected chi connectivity index (χ4v) is 3.28. The molecule has 1 aliphatic heterocycles. The summed E-state index contributed by atoms with van der Waals surface area (Å²) in [6, 6.07) is 13.4. The molecule has 1 aromatic heterocycles. The number of carbonyl (C=O) groups excluding carboxylic acids is 1. The Morgan fingerprint density at radius 2 is 1.92 bits per heavy atom. The van der Waals surface area contributed by atoms with Crippen LogP contribution in [0.5, 0.6) is 0 Å². The number of fused-ring (bicyclic) bond motifs is 1. The van der Waals surface area contributed by atoms with Gasteiger partial charge in [0.15, 0.2) is 0 Å². The molecule has 1 aliphatic rings. The number of hydrogen-bond donors (Lipinski definition) is 3. The van der Waals surface area contributed by atoms with E-state index in [-0.39, 0.29) is 12.1 Å². The first-order valence-electron chi connectivity index (χ1n) is 7.59. The molecule has 1 unspecified atom stereocenters. The molecule has 120 valence electrons. The third kappa shape index (κ3) is 2.43. The van der Waals surface area contributed by atoms with Crippen LogP contribution in [0.1, 0.15) is 27.7 Å². The highest BCUT2D eigenvalue weighted by Crippen LogP contribution is 2.34. The van der Waals surface area contributed by atoms with E-state index in [4.69, 9.17) is 11.6 Å². The molecule has 0 saturated carbocycles. The Kier molecular flexibility index (Phi) is 3.50. The molecule has 0 radical (unpaired) electrons. The summed E-state index contributed by atoms with van der Waals surface area (Å²) in [5.41, 5.74) is 5.06. The van der Waals surface area contributed by atoms with Crippen molar-refractivity contribution in [2.45, 2.75) is 13.1 Å². The van der Waals surface area contributed by atoms with E-state index in [9.17, 15) is 4.79 Å². The Hall–Kier alpha value is -2.79. The number of benzene rings is 2. The van der Waals surface area contributed by atoms with Crippen molar-refractivity contribution in [1.29, 1.82) is 0 Å². The maximum Gasteiger partial charge on any atom is 0.255 e. The van der Waals surface area contributed by atoms with E-state index < -0.39 is 0 Å². The predicted molar refractivity (Wildman–Crippen MR) is 94.0 cm³/mol. The van der Waals surface area contributed by atoms with Gasteiger partial charge in [0.05, 0.1) is 23.1 Å². The number of nitrogens with one attached hydrogen (secondary N) is 3. The van der Waals surface area contributed by atoms with Crippen LogP contribution in [0.4, 0.5) is 5.69 Å². The lowest BCUT2D eigenvalue weighted by atomic mass is 10.0. The Balaban J connectivity index is 1.76. The van der Waals surface area contributed by atoms with E-state index in [1.807, 2.05) is 43.3 Å². The lowest BCUT2D eigenvalue weighted by Gasteiger charge is -2.29. The average Bonchev–Trinajstić information content (AvgIpc) is 3.06. The average molecular weight is 339 g/mol. The Bertz CT molecular complexity index is 920. The molecule has 0 bridgehead atoms. The smallest absolute Gasteiger partial charge is 0.255 e. The van der Waals surface area contributed by atoms with E-state index in [1.54, 1.807) is 12.3 Å². The number of halogens is 1. The molecule has 0 saturated heterocycles. The molecule has 3 N–H and O–H groups in total. The predicted octanol–water partition coefficient (Wildman–Crippen LogP) is 3.89. The zero-order valence-corrected chi connectivity index (χ0v) is 13.7. The summed E-state index contributed by atoms with van der Waals surface area (Å²) in [5.74, 6) is -0.153. The number of carbonyl (C=O) groups is 1. The number of H-pyrrole nitrogens is 1. The van der Waals surface area contributed by atoms with Gasteiger partial charge in [0, 0.05) is 10.6 Å². The topological polar surface area (TPSA) is 69.8 Å². The minimum Gasteiger partial charge on any atom is -0.361 e. The number of aromatic amines is 1. The van der Waals surface area contributed by atoms with Gasteiger partial charge in [0.1, 0.15) is 6.17 Å². The van der Waals surface area contributed by atoms with E-state index >= 15 is 0 Å². The highest BCUT2D eigenvalue weighted by molar-refractivity contribution is 6.31. The number of nitrogens with zero attached hydrogens (tertiary/aromatic N) is 1. The lowest BCUT2D eigenvalue weighted by Crippen LogP contribution is -2.38. The van der Waals surface area contributed by atoms with Crippen LogP contribution in [-0.4, -0.2) is 16.1 Å². The number of anilines is 1. The first-order chi connectivity index (χ1) is 11.6. The van der Waals surface area contributed by atoms with E-state index in [1.165, 1.54) is 0 Å². The normalized spacial score (nSPS) is 16.2. The summed E-state index contributed by atoms with van der Waals surface area (Å²) in [6.45, 7) is 1.93. The van der Waals surface area contributed by atoms with Gasteiger partial charge < -0.3 is 10.6 Å². The summed E-state index contributed by atoms with van der Waals surface area (Å²) in [7, 11) is 0. The number of amides is 1. The number of aromatic nitrogens is 2. The summed E-state index contributed by atoms with van der Waals surface area (Å²) in [5, 5.41) is 14.1. The second kappa shape index (κ2) is 5.69. The third-order valence-electron chi connectivity index (χ3n) is 4.15. The molecule has 4 rings (SSSR count). The Morgan fingerprint density at radius 1 is 1.12 bits per heavy atom. The van der Waals surface area contributed by atoms with Gasteiger partial charge in [-0.1, -0.05) is 41.9 Å². The first-order valence-corrected chi connectivity index (χ1v) is 7.97. The van der Waals surface area contributed by atoms with Gasteiger partial charge in [-0.15, -0.1) is 0 Å². The maximum absolute atomic E-state index is 12.5. The van der Waals surface area contributed by atoms with E-state index in [2.05, 4.69) is 20.8 Å². The monoisotopic (exact) mass is 338 g/mol. The van der Waals surface area contributed by atoms with Crippen LogP contribution in [0.25, 0.3) is 11.3 Å². The highest BCUT2D eigenvalue weighted by Gasteiger charge is 2.28. The molecule has 0 spiro atoms. The molecule has 2 aromatic carbocycles. The van der Waals surface area contributed by atoms with E-state index in [0.717, 1.165) is 28.1 Å². The standard InChI is InChI=1S/C18H15ClN4O/c1-10-7-12(19)8-13-15(10)21-17(22-18(13)24)14-9-20-23-16(14)11-5-3-2-4-6-11/h2-9,17,21H,1H3,(H,20,23)(H,22,24). The summed E-state index contributed by atoms with van der Waals surface area (Å²) in [4.78, 5) is 12.5. The largest absolute Gasteiger partial charge is 0.361 e. The number of hydrogen-bond acceptors (Lipinski definition) is 3. The minimum atomic E-state index is -0.362. The summed E-state index contributed by atoms with van der Waals surface area (Å²) < 4.78 is 0. The van der Waals surface area contributed by atoms with Crippen molar-refractivity contribution in [2.75, 3.05) is 5.32 Å². The molecule has 0 fully saturated rings. The molecule has 24 heavy (non-hydrogen) atoms. The summed E-state index contributed by atoms with van der Waals surface area (Å²) in [6.07, 6.45) is 1.37. The van der Waals surface area contributed by atoms with Crippen molar-refractivity contribution >= 4 is 23.2 Å². The molecule has 6 heteroatoms. The molecule has 2 heterocycles. The molecule has 5 nitrogen and oxygen atoms in total. The second-order valence-corrected chi connectivity index (χ2v) is 6.20. The quantitative estimate of drug-likeness (QED) is 0.664. The summed E-state index contributed by atoms with van der Waals surface area (Å²) >= 11 is 6.07. The Labute approximate surface area is 144 Å². The zero-order chi connectivity index (χ0) is 16.7. The van der Waals surface area contributed by atoms with Crippen LogP contribution in [0, 0.1) is 6.92 Å². The van der Waals surface area contributed by atoms with Gasteiger partial charge in [0.2, 0.25) is 0 Å². The van der Waals surface area contributed by atoms with Gasteiger partial charge in [0.25, 0.3) is 5.91 Å². The van der Waals surface area contributed by atoms with Crippen molar-refractivity contribution in [2.24, 2.45) is 0 Å². The highest BCUT2D eigenvalue weighted by atomic mass is 35.5. The van der Waals surface area contributed by atoms with Crippen molar-refractivity contribution in [3.63, 3.8) is 0 Å². The Morgan fingerprint density at radius 3 is 2.71 bits per heavy atom. The second-order valence-electron chi connectivity index (χ2n) is 5.76. The fraction of sp³-hybridized carbons (Fsp3) is 0.111. The fourth-order valence-electron chi connectivity index (χ4n) is 3.01. The first kappa shape index (κ1) is 14.8. The maximum atomic E-state index is 12.5. The molecule has 1 amide bonds. The van der Waals surface area contributed by atoms with Crippen molar-refractivity contribution in [1.82, 2.24) is 15.5 Å². The SMILES string of the molecule is Cc1cc(Cl)cc2c1NC(c1cn[nH]c1-c1ccccc1)NC2=O. The van der Waals surface area contributed by atoms with Gasteiger partial charge in [-0.3, -0.25) is 9.89 Å². The van der Waals surface area contributed by atoms with Crippen LogP contribution >= 0.6 is 11.6 Å². The van der Waals surface area contributed by atoms with E-state index in [0.29, 0.717) is 10.6 Å². The van der Waals surface area contributed by atoms with Gasteiger partial charge >= 0.3 is 0 Å². The molecular weight excluding hydrogens is 324 g/mol. The van der Waals surface area contributed by atoms with Crippen molar-refractivity contribution in [3.05, 3.63) is 70.4 Å². The minimum absolute atomic E-state index is 0.153. The number of rotatable bonds is 2. The third-order valence-corrected chi connectivity index (χ3v) is 4.37. The van der Waals surface area contributed by atoms with Gasteiger partial charge in [-0.25, -0.2) is 0 Å². The molecular formula is C18H15ClN4O. The van der Waals surface area contributed by atoms with Crippen molar-refractivity contribution < 1.29 is 4.79 Å². The molecule has 1 atom stereocenters. The van der Waals surface area contributed by atoms with Crippen LogP contribution in [0.3, 0.4) is 0 Å². The van der Waals surface area contributed by atoms with Crippen molar-refractivity contribution in [3.8, 4) is 11.3 Å². The van der Waals surface area contributed by atoms with Crippen LogP contribution in [-0.2, 0) is 0 Å². The number of aryl methyl sites for hydroxylation is 1.